The lowest BCUT2D eigenvalue weighted by Crippen LogP contribution is -2.35. The van der Waals surface area contributed by atoms with Crippen molar-refractivity contribution < 1.29 is 17.4 Å². The van der Waals surface area contributed by atoms with Gasteiger partial charge in [0, 0.05) is 6.20 Å². The molecular formula is C12H17F3N2OS. The molecule has 1 rings (SSSR count). The Bertz CT molecular complexity index is 452. The molecule has 0 radical (unpaired) electrons. The highest BCUT2D eigenvalue weighted by Gasteiger charge is 2.31. The van der Waals surface area contributed by atoms with Gasteiger partial charge in [0.05, 0.1) is 33.0 Å². The van der Waals surface area contributed by atoms with Gasteiger partial charge < -0.3 is 0 Å². The molecule has 0 fully saturated rings. The van der Waals surface area contributed by atoms with Crippen LogP contribution >= 0.6 is 0 Å². The number of rotatable bonds is 3. The molecule has 0 amide bonds. The van der Waals surface area contributed by atoms with E-state index in [9.17, 15) is 17.4 Å². The molecule has 0 aliphatic heterocycles. The maximum Gasteiger partial charge on any atom is 0.417 e. The van der Waals surface area contributed by atoms with Crippen LogP contribution in [-0.2, 0) is 17.2 Å². The van der Waals surface area contributed by atoms with Gasteiger partial charge in [-0.25, -0.2) is 8.93 Å². The summed E-state index contributed by atoms with van der Waals surface area (Å²) in [5.74, 6) is 0. The predicted molar refractivity (Wildman–Crippen MR) is 68.7 cm³/mol. The molecule has 0 saturated heterocycles. The van der Waals surface area contributed by atoms with Crippen molar-refractivity contribution in [1.29, 1.82) is 0 Å². The molecular weight excluding hydrogens is 277 g/mol. The average Bonchev–Trinajstić information content (AvgIpc) is 2.26. The summed E-state index contributed by atoms with van der Waals surface area (Å²) in [6, 6.07) is 1.88. The third-order valence-corrected chi connectivity index (χ3v) is 4.08. The van der Waals surface area contributed by atoms with Gasteiger partial charge in [0.2, 0.25) is 0 Å². The van der Waals surface area contributed by atoms with E-state index in [0.717, 1.165) is 12.3 Å². The van der Waals surface area contributed by atoms with Crippen LogP contribution < -0.4 is 4.72 Å². The van der Waals surface area contributed by atoms with E-state index in [2.05, 4.69) is 9.71 Å². The molecule has 2 atom stereocenters. The Labute approximate surface area is 113 Å². The van der Waals surface area contributed by atoms with Gasteiger partial charge in [-0.2, -0.15) is 13.2 Å². The highest BCUT2D eigenvalue weighted by Crippen LogP contribution is 2.29. The smallest absolute Gasteiger partial charge is 0.259 e. The zero-order chi connectivity index (χ0) is 14.8. The Morgan fingerprint density at radius 1 is 1.26 bits per heavy atom. The fourth-order valence-electron chi connectivity index (χ4n) is 1.23. The number of nitrogens with one attached hydrogen (secondary N) is 1. The minimum atomic E-state index is -4.39. The summed E-state index contributed by atoms with van der Waals surface area (Å²) in [6.07, 6.45) is -3.61. The van der Waals surface area contributed by atoms with Gasteiger partial charge in [-0.3, -0.25) is 4.98 Å². The van der Waals surface area contributed by atoms with Gasteiger partial charge in [-0.1, -0.05) is 0 Å². The quantitative estimate of drug-likeness (QED) is 0.930. The number of alkyl halides is 3. The first-order valence-electron chi connectivity index (χ1n) is 5.73. The van der Waals surface area contributed by atoms with Crippen LogP contribution in [0.4, 0.5) is 13.2 Å². The molecule has 0 aromatic carbocycles. The average molecular weight is 294 g/mol. The molecule has 0 bridgehead atoms. The van der Waals surface area contributed by atoms with E-state index in [1.807, 2.05) is 20.8 Å². The number of pyridine rings is 1. The third kappa shape index (κ3) is 4.58. The summed E-state index contributed by atoms with van der Waals surface area (Å²) < 4.78 is 51.4. The minimum absolute atomic E-state index is 0.387. The maximum atomic E-state index is 12.4. The van der Waals surface area contributed by atoms with Crippen LogP contribution in [-0.4, -0.2) is 13.9 Å². The van der Waals surface area contributed by atoms with Crippen LogP contribution in [0.2, 0.25) is 0 Å². The molecule has 0 unspecified atom stereocenters. The SMILES string of the molecule is C[C@@H](N[S@](=O)C(C)(C)C)c1ccc(C(F)(F)F)cn1. The molecule has 3 nitrogen and oxygen atoms in total. The van der Waals surface area contributed by atoms with Crippen molar-refractivity contribution in [2.45, 2.75) is 44.7 Å². The van der Waals surface area contributed by atoms with E-state index in [0.29, 0.717) is 5.69 Å². The summed E-state index contributed by atoms with van der Waals surface area (Å²) in [7, 11) is -1.30. The van der Waals surface area contributed by atoms with Crippen LogP contribution in [0.25, 0.3) is 0 Å². The predicted octanol–water partition coefficient (Wildman–Crippen LogP) is 3.21. The molecule has 7 heteroatoms. The first kappa shape index (κ1) is 16.1. The molecule has 0 saturated carbocycles. The largest absolute Gasteiger partial charge is 0.417 e. The normalized spacial score (nSPS) is 16.2. The van der Waals surface area contributed by atoms with Crippen molar-refractivity contribution in [3.05, 3.63) is 29.6 Å². The lowest BCUT2D eigenvalue weighted by atomic mass is 10.2. The highest BCUT2D eigenvalue weighted by atomic mass is 32.2. The molecule has 1 aromatic rings. The fourth-order valence-corrected chi connectivity index (χ4v) is 2.02. The van der Waals surface area contributed by atoms with Gasteiger partial charge in [-0.05, 0) is 39.8 Å². The Kier molecular flexibility index (Phi) is 4.73. The Morgan fingerprint density at radius 2 is 1.84 bits per heavy atom. The van der Waals surface area contributed by atoms with Gasteiger partial charge in [0.1, 0.15) is 0 Å². The zero-order valence-corrected chi connectivity index (χ0v) is 12.0. The maximum absolute atomic E-state index is 12.4. The number of hydrogen-bond donors (Lipinski definition) is 1. The number of hydrogen-bond acceptors (Lipinski definition) is 2. The van der Waals surface area contributed by atoms with Gasteiger partial charge >= 0.3 is 6.18 Å². The number of halogens is 3. The third-order valence-electron chi connectivity index (χ3n) is 2.40. The molecule has 0 aliphatic carbocycles. The first-order chi connectivity index (χ1) is 8.51. The zero-order valence-electron chi connectivity index (χ0n) is 11.2. The second-order valence-electron chi connectivity index (χ2n) is 5.19. The van der Waals surface area contributed by atoms with Crippen LogP contribution in [0.1, 0.15) is 45.0 Å². The van der Waals surface area contributed by atoms with E-state index >= 15 is 0 Å². The van der Waals surface area contributed by atoms with Gasteiger partial charge in [0.15, 0.2) is 0 Å². The van der Waals surface area contributed by atoms with Crippen LogP contribution in [0, 0.1) is 0 Å². The minimum Gasteiger partial charge on any atom is -0.259 e. The number of aromatic nitrogens is 1. The molecule has 0 aliphatic rings. The van der Waals surface area contributed by atoms with Crippen molar-refractivity contribution in [2.24, 2.45) is 0 Å². The Hall–Kier alpha value is -0.950. The molecule has 1 aromatic heterocycles. The van der Waals surface area contributed by atoms with Crippen molar-refractivity contribution in [2.75, 3.05) is 0 Å². The Morgan fingerprint density at radius 3 is 2.21 bits per heavy atom. The highest BCUT2D eigenvalue weighted by molar-refractivity contribution is 7.84. The second-order valence-corrected chi connectivity index (χ2v) is 7.19. The lowest BCUT2D eigenvalue weighted by molar-refractivity contribution is -0.137. The summed E-state index contributed by atoms with van der Waals surface area (Å²) in [4.78, 5) is 3.76. The second kappa shape index (κ2) is 5.58. The van der Waals surface area contributed by atoms with Crippen LogP contribution in [0.3, 0.4) is 0 Å². The fraction of sp³-hybridized carbons (Fsp3) is 0.583. The van der Waals surface area contributed by atoms with Crippen molar-refractivity contribution in [3.8, 4) is 0 Å². The Balaban J connectivity index is 2.79. The molecule has 1 heterocycles. The van der Waals surface area contributed by atoms with Gasteiger partial charge in [-0.15, -0.1) is 0 Å². The van der Waals surface area contributed by atoms with E-state index in [-0.39, 0.29) is 6.04 Å². The van der Waals surface area contributed by atoms with E-state index in [1.165, 1.54) is 6.07 Å². The standard InChI is InChI=1S/C12H17F3N2OS/c1-8(17-19(18)11(2,3)4)10-6-5-9(7-16-10)12(13,14)15/h5-8,17H,1-4H3/t8-,19-/m1/s1. The van der Waals surface area contributed by atoms with Crippen molar-refractivity contribution in [1.82, 2.24) is 9.71 Å². The molecule has 0 spiro atoms. The van der Waals surface area contributed by atoms with E-state index < -0.39 is 27.5 Å². The lowest BCUT2D eigenvalue weighted by Gasteiger charge is -2.21. The van der Waals surface area contributed by atoms with E-state index in [1.54, 1.807) is 6.92 Å². The van der Waals surface area contributed by atoms with E-state index in [4.69, 9.17) is 0 Å². The summed E-state index contributed by atoms with van der Waals surface area (Å²) in [6.45, 7) is 7.13. The topological polar surface area (TPSA) is 42.0 Å². The molecule has 1 N–H and O–H groups in total. The summed E-state index contributed by atoms with van der Waals surface area (Å²) in [5, 5.41) is 0. The van der Waals surface area contributed by atoms with Crippen LogP contribution in [0.15, 0.2) is 18.3 Å². The molecule has 108 valence electrons. The van der Waals surface area contributed by atoms with Crippen molar-refractivity contribution >= 4 is 11.0 Å². The monoisotopic (exact) mass is 294 g/mol. The number of nitrogens with zero attached hydrogens (tertiary/aromatic N) is 1. The van der Waals surface area contributed by atoms with Crippen LogP contribution in [0.5, 0.6) is 0 Å². The molecule has 19 heavy (non-hydrogen) atoms. The van der Waals surface area contributed by atoms with Crippen molar-refractivity contribution in [3.63, 3.8) is 0 Å². The first-order valence-corrected chi connectivity index (χ1v) is 6.88. The van der Waals surface area contributed by atoms with Gasteiger partial charge in [0.25, 0.3) is 0 Å². The summed E-state index contributed by atoms with van der Waals surface area (Å²) >= 11 is 0. The summed E-state index contributed by atoms with van der Waals surface area (Å²) in [5.41, 5.74) is -0.369.